The Morgan fingerprint density at radius 2 is 1.88 bits per heavy atom. The van der Waals surface area contributed by atoms with Crippen molar-refractivity contribution in [2.45, 2.75) is 45.3 Å². The van der Waals surface area contributed by atoms with Crippen molar-refractivity contribution in [3.63, 3.8) is 0 Å². The van der Waals surface area contributed by atoms with Crippen molar-refractivity contribution in [1.82, 2.24) is 0 Å². The highest BCUT2D eigenvalue weighted by Crippen LogP contribution is 2.42. The first kappa shape index (κ1) is 11.1. The normalized spacial score (nSPS) is 36.9. The van der Waals surface area contributed by atoms with Crippen LogP contribution in [0.1, 0.15) is 33.1 Å². The fourth-order valence-electron chi connectivity index (χ4n) is 3.35. The Hall–Kier alpha value is -1.02. The molecule has 0 unspecified atom stereocenters. The van der Waals surface area contributed by atoms with E-state index in [-0.39, 0.29) is 0 Å². The third-order valence-corrected chi connectivity index (χ3v) is 4.33. The molecule has 2 fully saturated rings. The van der Waals surface area contributed by atoms with Crippen LogP contribution in [0, 0.1) is 11.8 Å². The highest BCUT2D eigenvalue weighted by molar-refractivity contribution is 5.45. The zero-order valence-corrected chi connectivity index (χ0v) is 10.7. The van der Waals surface area contributed by atoms with E-state index in [1.54, 1.807) is 0 Å². The van der Waals surface area contributed by atoms with Gasteiger partial charge in [0.05, 0.1) is 17.8 Å². The number of fused-ring (bicyclic) bond motifs is 1. The molecule has 1 heterocycles. The maximum absolute atomic E-state index is 6.08. The molecule has 3 rings (SSSR count). The smallest absolute Gasteiger partial charge is 0.0877 e. The molecule has 92 valence electrons. The maximum Gasteiger partial charge on any atom is 0.0877 e. The van der Waals surface area contributed by atoms with Crippen LogP contribution in [0.2, 0.25) is 0 Å². The summed E-state index contributed by atoms with van der Waals surface area (Å²) in [5, 5.41) is 2.17. The van der Waals surface area contributed by atoms with Gasteiger partial charge in [-0.3, -0.25) is 9.90 Å². The first-order valence-electron chi connectivity index (χ1n) is 6.77. The van der Waals surface area contributed by atoms with Crippen LogP contribution in [-0.4, -0.2) is 12.1 Å². The summed E-state index contributed by atoms with van der Waals surface area (Å²) in [5.74, 6) is 1.54. The minimum absolute atomic E-state index is 0.368. The van der Waals surface area contributed by atoms with E-state index in [1.807, 2.05) is 0 Å². The average molecular weight is 231 g/mol. The van der Waals surface area contributed by atoms with Crippen molar-refractivity contribution >= 4 is 5.69 Å². The van der Waals surface area contributed by atoms with Crippen LogP contribution >= 0.6 is 0 Å². The molecular weight excluding hydrogens is 210 g/mol. The predicted octanol–water partition coefficient (Wildman–Crippen LogP) is 3.63. The molecule has 2 aliphatic rings. The van der Waals surface area contributed by atoms with Crippen molar-refractivity contribution in [1.29, 1.82) is 0 Å². The number of benzene rings is 1. The van der Waals surface area contributed by atoms with Gasteiger partial charge in [0.1, 0.15) is 0 Å². The highest BCUT2D eigenvalue weighted by Gasteiger charge is 2.43. The van der Waals surface area contributed by atoms with Crippen LogP contribution in [0.3, 0.4) is 0 Å². The van der Waals surface area contributed by atoms with Gasteiger partial charge in [-0.2, -0.15) is 0 Å². The van der Waals surface area contributed by atoms with Gasteiger partial charge >= 0.3 is 0 Å². The fraction of sp³-hybridized carbons (Fsp3) is 0.600. The van der Waals surface area contributed by atoms with Gasteiger partial charge in [0, 0.05) is 5.92 Å². The van der Waals surface area contributed by atoms with E-state index in [1.165, 1.54) is 24.9 Å². The van der Waals surface area contributed by atoms with E-state index < -0.39 is 0 Å². The number of para-hydroxylation sites is 1. The molecule has 17 heavy (non-hydrogen) atoms. The van der Waals surface area contributed by atoms with Gasteiger partial charge in [-0.05, 0) is 37.8 Å². The van der Waals surface area contributed by atoms with Gasteiger partial charge in [-0.15, -0.1) is 0 Å². The van der Waals surface area contributed by atoms with Crippen LogP contribution in [0.25, 0.3) is 0 Å². The molecule has 1 aliphatic heterocycles. The van der Waals surface area contributed by atoms with Crippen molar-refractivity contribution in [2.75, 3.05) is 5.06 Å². The second-order valence-corrected chi connectivity index (χ2v) is 5.62. The zero-order valence-electron chi connectivity index (χ0n) is 10.7. The molecule has 2 heteroatoms. The summed E-state index contributed by atoms with van der Waals surface area (Å²) in [7, 11) is 0. The van der Waals surface area contributed by atoms with Crippen LogP contribution < -0.4 is 5.06 Å². The van der Waals surface area contributed by atoms with Crippen LogP contribution in [0.15, 0.2) is 30.3 Å². The minimum Gasteiger partial charge on any atom is -0.270 e. The Morgan fingerprint density at radius 3 is 2.65 bits per heavy atom. The summed E-state index contributed by atoms with van der Waals surface area (Å²) in [4.78, 5) is 6.08. The lowest BCUT2D eigenvalue weighted by atomic mass is 9.77. The van der Waals surface area contributed by atoms with E-state index >= 15 is 0 Å². The molecule has 0 bridgehead atoms. The standard InChI is InChI=1S/C15H21NO/c1-11-8-9-14-12(2)17-16(15(14)10-11)13-6-4-3-5-7-13/h3-7,11-12,14-15H,8-10H2,1-2H3/t11-,12+,14+,15-/m0/s1. The summed E-state index contributed by atoms with van der Waals surface area (Å²) in [6.45, 7) is 4.58. The highest BCUT2D eigenvalue weighted by atomic mass is 16.7. The lowest BCUT2D eigenvalue weighted by Crippen LogP contribution is -2.37. The Balaban J connectivity index is 1.86. The third kappa shape index (κ3) is 1.95. The predicted molar refractivity (Wildman–Crippen MR) is 69.8 cm³/mol. The Bertz CT molecular complexity index is 378. The Labute approximate surface area is 104 Å². The van der Waals surface area contributed by atoms with E-state index in [0.717, 1.165) is 5.92 Å². The largest absolute Gasteiger partial charge is 0.270 e. The lowest BCUT2D eigenvalue weighted by molar-refractivity contribution is 0.0819. The second-order valence-electron chi connectivity index (χ2n) is 5.62. The number of hydroxylamine groups is 1. The van der Waals surface area contributed by atoms with Gasteiger partial charge in [-0.1, -0.05) is 31.5 Å². The lowest BCUT2D eigenvalue weighted by Gasteiger charge is -2.33. The van der Waals surface area contributed by atoms with Crippen molar-refractivity contribution in [3.8, 4) is 0 Å². The average Bonchev–Trinajstić information content (AvgIpc) is 2.67. The maximum atomic E-state index is 6.08. The number of anilines is 1. The van der Waals surface area contributed by atoms with Crippen molar-refractivity contribution in [2.24, 2.45) is 11.8 Å². The molecule has 1 aromatic carbocycles. The molecule has 1 aliphatic carbocycles. The molecule has 0 N–H and O–H groups in total. The van der Waals surface area contributed by atoms with E-state index in [4.69, 9.17) is 4.84 Å². The molecule has 0 spiro atoms. The molecule has 0 radical (unpaired) electrons. The SMILES string of the molecule is C[C@H]1CC[C@@H]2[C@@H](C)ON(c3ccccc3)[C@H]2C1. The van der Waals surface area contributed by atoms with E-state index in [2.05, 4.69) is 49.2 Å². The monoisotopic (exact) mass is 231 g/mol. The van der Waals surface area contributed by atoms with Crippen molar-refractivity contribution in [3.05, 3.63) is 30.3 Å². The van der Waals surface area contributed by atoms with Crippen LogP contribution in [0.5, 0.6) is 0 Å². The molecular formula is C15H21NO. The first-order valence-corrected chi connectivity index (χ1v) is 6.77. The topological polar surface area (TPSA) is 12.5 Å². The summed E-state index contributed by atoms with van der Waals surface area (Å²) in [6, 6.07) is 11.1. The molecule has 1 saturated heterocycles. The first-order chi connectivity index (χ1) is 8.25. The fourth-order valence-corrected chi connectivity index (χ4v) is 3.35. The van der Waals surface area contributed by atoms with Crippen molar-refractivity contribution < 1.29 is 4.84 Å². The summed E-state index contributed by atoms with van der Waals surface area (Å²) < 4.78 is 0. The Kier molecular flexibility index (Phi) is 2.83. The molecule has 0 amide bonds. The molecule has 1 saturated carbocycles. The number of nitrogens with zero attached hydrogens (tertiary/aromatic N) is 1. The summed E-state index contributed by atoms with van der Waals surface area (Å²) in [6.07, 6.45) is 4.31. The van der Waals surface area contributed by atoms with E-state index in [9.17, 15) is 0 Å². The molecule has 0 aromatic heterocycles. The van der Waals surface area contributed by atoms with Gasteiger partial charge in [0.25, 0.3) is 0 Å². The second kappa shape index (κ2) is 4.34. The molecule has 1 aromatic rings. The van der Waals surface area contributed by atoms with E-state index in [0.29, 0.717) is 18.1 Å². The van der Waals surface area contributed by atoms with Gasteiger partial charge < -0.3 is 0 Å². The number of hydrogen-bond donors (Lipinski definition) is 0. The quantitative estimate of drug-likeness (QED) is 0.731. The number of hydrogen-bond acceptors (Lipinski definition) is 2. The molecule has 2 nitrogen and oxygen atoms in total. The zero-order chi connectivity index (χ0) is 11.8. The van der Waals surface area contributed by atoms with Gasteiger partial charge in [0.2, 0.25) is 0 Å². The Morgan fingerprint density at radius 1 is 1.12 bits per heavy atom. The van der Waals surface area contributed by atoms with Gasteiger partial charge in [-0.25, -0.2) is 0 Å². The summed E-state index contributed by atoms with van der Waals surface area (Å²) >= 11 is 0. The third-order valence-electron chi connectivity index (χ3n) is 4.33. The molecule has 4 atom stereocenters. The van der Waals surface area contributed by atoms with Gasteiger partial charge in [0.15, 0.2) is 0 Å². The van der Waals surface area contributed by atoms with Crippen LogP contribution in [0.4, 0.5) is 5.69 Å². The summed E-state index contributed by atoms with van der Waals surface area (Å²) in [5.41, 5.74) is 1.21. The van der Waals surface area contributed by atoms with Crippen LogP contribution in [-0.2, 0) is 4.84 Å². The number of rotatable bonds is 1. The minimum atomic E-state index is 0.368.